The van der Waals surface area contributed by atoms with Crippen molar-refractivity contribution in [1.82, 2.24) is 14.9 Å². The molecule has 2 aromatic rings. The molecule has 0 bridgehead atoms. The van der Waals surface area contributed by atoms with E-state index in [0.29, 0.717) is 0 Å². The van der Waals surface area contributed by atoms with Gasteiger partial charge in [-0.25, -0.2) is 8.42 Å². The van der Waals surface area contributed by atoms with Crippen LogP contribution in [0.5, 0.6) is 0 Å². The summed E-state index contributed by atoms with van der Waals surface area (Å²) in [6.45, 7) is 0.458. The van der Waals surface area contributed by atoms with Gasteiger partial charge < -0.3 is 15.4 Å². The van der Waals surface area contributed by atoms with Gasteiger partial charge in [0.25, 0.3) is 0 Å². The van der Waals surface area contributed by atoms with E-state index in [0.717, 1.165) is 10.0 Å². The van der Waals surface area contributed by atoms with E-state index in [1.807, 2.05) is 30.3 Å². The Hall–Kier alpha value is -2.27. The van der Waals surface area contributed by atoms with Gasteiger partial charge in [-0.3, -0.25) is 9.59 Å². The van der Waals surface area contributed by atoms with Crippen LogP contribution in [-0.2, 0) is 30.9 Å². The van der Waals surface area contributed by atoms with E-state index in [4.69, 9.17) is 4.74 Å². The average molecular weight is 482 g/mol. The Balaban J connectivity index is 1.55. The number of benzene rings is 2. The lowest BCUT2D eigenvalue weighted by atomic mass is 10.2. The van der Waals surface area contributed by atoms with Gasteiger partial charge in [-0.1, -0.05) is 46.3 Å². The number of amides is 2. The summed E-state index contributed by atoms with van der Waals surface area (Å²) < 4.78 is 33.1. The maximum absolute atomic E-state index is 12.8. The Bertz CT molecular complexity index is 967. The van der Waals surface area contributed by atoms with E-state index < -0.39 is 28.1 Å². The summed E-state index contributed by atoms with van der Waals surface area (Å²) in [6, 6.07) is 15.4. The third-order valence-corrected chi connectivity index (χ3v) is 6.73. The molecule has 2 aromatic carbocycles. The highest BCUT2D eigenvalue weighted by Gasteiger charge is 2.36. The fourth-order valence-electron chi connectivity index (χ4n) is 2.80. The van der Waals surface area contributed by atoms with E-state index >= 15 is 0 Å². The Labute approximate surface area is 177 Å². The highest BCUT2D eigenvalue weighted by molar-refractivity contribution is 9.10. The molecule has 2 N–H and O–H groups in total. The lowest BCUT2D eigenvalue weighted by Crippen LogP contribution is -2.47. The van der Waals surface area contributed by atoms with Gasteiger partial charge in [0.2, 0.25) is 10.0 Å². The normalized spacial score (nSPS) is 17.1. The first-order valence-electron chi connectivity index (χ1n) is 8.87. The molecule has 154 valence electrons. The highest BCUT2D eigenvalue weighted by Crippen LogP contribution is 2.23. The molecule has 3 rings (SSSR count). The predicted octanol–water partition coefficient (Wildman–Crippen LogP) is 1.23. The van der Waals surface area contributed by atoms with Crippen molar-refractivity contribution in [2.75, 3.05) is 19.7 Å². The number of nitrogens with one attached hydrogen (secondary N) is 2. The van der Waals surface area contributed by atoms with Crippen molar-refractivity contribution in [3.05, 3.63) is 64.6 Å². The van der Waals surface area contributed by atoms with Crippen LogP contribution in [0, 0.1) is 0 Å². The fourth-order valence-corrected chi connectivity index (χ4v) is 4.58. The van der Waals surface area contributed by atoms with Gasteiger partial charge in [-0.05, 0) is 29.8 Å². The number of rotatable bonds is 6. The Morgan fingerprint density at radius 1 is 1.03 bits per heavy atom. The van der Waals surface area contributed by atoms with Gasteiger partial charge >= 0.3 is 11.8 Å². The second kappa shape index (κ2) is 9.49. The molecule has 1 fully saturated rings. The van der Waals surface area contributed by atoms with E-state index in [1.54, 1.807) is 12.1 Å². The molecule has 1 aliphatic rings. The number of carbonyl (C=O) groups excluding carboxylic acids is 2. The largest absolute Gasteiger partial charge is 0.359 e. The maximum Gasteiger partial charge on any atom is 0.309 e. The standard InChI is InChI=1S/C19H20BrN3O5S/c20-15-6-8-16(9-7-15)29(26,27)23-10-11-28-17(23)13-22-19(25)18(24)21-12-14-4-2-1-3-5-14/h1-9,17H,10-13H2,(H,21,24)(H,22,25)/t17-/m0/s1. The molecular formula is C19H20BrN3O5S. The average Bonchev–Trinajstić information content (AvgIpc) is 3.21. The van der Waals surface area contributed by atoms with Crippen LogP contribution in [-0.4, -0.2) is 50.5 Å². The number of halogens is 1. The minimum Gasteiger partial charge on any atom is -0.359 e. The third-order valence-electron chi connectivity index (χ3n) is 4.30. The molecule has 0 aliphatic carbocycles. The van der Waals surface area contributed by atoms with Crippen LogP contribution < -0.4 is 10.6 Å². The van der Waals surface area contributed by atoms with Crippen molar-refractivity contribution >= 4 is 37.8 Å². The van der Waals surface area contributed by atoms with Gasteiger partial charge in [0.05, 0.1) is 18.0 Å². The van der Waals surface area contributed by atoms with Gasteiger partial charge in [0.15, 0.2) is 0 Å². The van der Waals surface area contributed by atoms with E-state index in [-0.39, 0.29) is 31.1 Å². The summed E-state index contributed by atoms with van der Waals surface area (Å²) in [4.78, 5) is 24.1. The molecule has 0 radical (unpaired) electrons. The molecule has 10 heteroatoms. The lowest BCUT2D eigenvalue weighted by molar-refractivity contribution is -0.139. The third kappa shape index (κ3) is 5.41. The Morgan fingerprint density at radius 3 is 2.38 bits per heavy atom. The van der Waals surface area contributed by atoms with Crippen LogP contribution in [0.2, 0.25) is 0 Å². The van der Waals surface area contributed by atoms with Gasteiger partial charge in [0.1, 0.15) is 6.23 Å². The van der Waals surface area contributed by atoms with Gasteiger partial charge in [-0.15, -0.1) is 0 Å². The zero-order valence-electron chi connectivity index (χ0n) is 15.4. The van der Waals surface area contributed by atoms with Crippen LogP contribution in [0.3, 0.4) is 0 Å². The second-order valence-electron chi connectivity index (χ2n) is 6.27. The number of ether oxygens (including phenoxy) is 1. The van der Waals surface area contributed by atoms with E-state index in [2.05, 4.69) is 26.6 Å². The summed E-state index contributed by atoms with van der Waals surface area (Å²) in [5.74, 6) is -1.65. The molecule has 0 spiro atoms. The van der Waals surface area contributed by atoms with Crippen molar-refractivity contribution in [1.29, 1.82) is 0 Å². The smallest absolute Gasteiger partial charge is 0.309 e. The minimum atomic E-state index is -3.78. The molecule has 0 unspecified atom stereocenters. The number of hydrogen-bond donors (Lipinski definition) is 2. The molecular weight excluding hydrogens is 462 g/mol. The topological polar surface area (TPSA) is 105 Å². The Morgan fingerprint density at radius 2 is 1.69 bits per heavy atom. The monoisotopic (exact) mass is 481 g/mol. The summed E-state index contributed by atoms with van der Waals surface area (Å²) in [5.41, 5.74) is 0.861. The number of sulfonamides is 1. The first-order valence-corrected chi connectivity index (χ1v) is 11.1. The van der Waals surface area contributed by atoms with Crippen molar-refractivity contribution < 1.29 is 22.7 Å². The molecule has 1 saturated heterocycles. The zero-order valence-corrected chi connectivity index (χ0v) is 17.8. The lowest BCUT2D eigenvalue weighted by Gasteiger charge is -2.22. The highest BCUT2D eigenvalue weighted by atomic mass is 79.9. The van der Waals surface area contributed by atoms with Crippen LogP contribution in [0.15, 0.2) is 64.0 Å². The first kappa shape index (κ1) is 21.4. The first-order chi connectivity index (χ1) is 13.9. The molecule has 2 amide bonds. The van der Waals surface area contributed by atoms with Crippen LogP contribution in [0.1, 0.15) is 5.56 Å². The molecule has 1 atom stereocenters. The summed E-state index contributed by atoms with van der Waals surface area (Å²) >= 11 is 3.27. The van der Waals surface area contributed by atoms with Crippen molar-refractivity contribution in [2.45, 2.75) is 17.7 Å². The number of carbonyl (C=O) groups is 2. The molecule has 0 aromatic heterocycles. The van der Waals surface area contributed by atoms with Crippen LogP contribution in [0.25, 0.3) is 0 Å². The summed E-state index contributed by atoms with van der Waals surface area (Å²) in [6.07, 6.45) is -0.880. The van der Waals surface area contributed by atoms with Gasteiger partial charge in [-0.2, -0.15) is 4.31 Å². The molecule has 8 nitrogen and oxygen atoms in total. The van der Waals surface area contributed by atoms with Crippen LogP contribution in [0.4, 0.5) is 0 Å². The van der Waals surface area contributed by atoms with E-state index in [9.17, 15) is 18.0 Å². The maximum atomic E-state index is 12.8. The van der Waals surface area contributed by atoms with Gasteiger partial charge in [0, 0.05) is 17.6 Å². The van der Waals surface area contributed by atoms with E-state index in [1.165, 1.54) is 16.4 Å². The molecule has 0 saturated carbocycles. The number of hydrogen-bond acceptors (Lipinski definition) is 5. The summed E-state index contributed by atoms with van der Waals surface area (Å²) in [7, 11) is -3.78. The number of nitrogens with zero attached hydrogens (tertiary/aromatic N) is 1. The summed E-state index contributed by atoms with van der Waals surface area (Å²) in [5, 5.41) is 4.95. The van der Waals surface area contributed by atoms with Crippen molar-refractivity contribution in [3.63, 3.8) is 0 Å². The zero-order chi connectivity index (χ0) is 20.9. The quantitative estimate of drug-likeness (QED) is 0.603. The SMILES string of the molecule is O=C(NCc1ccccc1)C(=O)NC[C@@H]1OCCN1S(=O)(=O)c1ccc(Br)cc1. The van der Waals surface area contributed by atoms with Crippen molar-refractivity contribution in [3.8, 4) is 0 Å². The van der Waals surface area contributed by atoms with Crippen molar-refractivity contribution in [2.24, 2.45) is 0 Å². The minimum absolute atomic E-state index is 0.128. The molecule has 29 heavy (non-hydrogen) atoms. The second-order valence-corrected chi connectivity index (χ2v) is 9.08. The fraction of sp³-hybridized carbons (Fsp3) is 0.263. The van der Waals surface area contributed by atoms with Crippen LogP contribution >= 0.6 is 15.9 Å². The predicted molar refractivity (Wildman–Crippen MR) is 109 cm³/mol. The molecule has 1 aliphatic heterocycles. The Kier molecular flexibility index (Phi) is 7.01. The molecule has 1 heterocycles.